The van der Waals surface area contributed by atoms with Crippen LogP contribution in [0.4, 0.5) is 0 Å². The van der Waals surface area contributed by atoms with Crippen molar-refractivity contribution in [3.05, 3.63) is 58.4 Å². The highest BCUT2D eigenvalue weighted by Gasteiger charge is 2.17. The molecule has 2 rings (SSSR count). The second kappa shape index (κ2) is 8.32. The fourth-order valence-corrected chi connectivity index (χ4v) is 2.70. The molecule has 6 heteroatoms. The number of carbonyl (C=O) groups excluding carboxylic acids is 2. The van der Waals surface area contributed by atoms with Gasteiger partial charge in [-0.25, -0.2) is 0 Å². The van der Waals surface area contributed by atoms with Gasteiger partial charge in [0.05, 0.1) is 7.11 Å². The number of ether oxygens (including phenoxy) is 1. The van der Waals surface area contributed by atoms with E-state index < -0.39 is 0 Å². The fraction of sp³-hybridized carbons (Fsp3) is 0.350. The Kier molecular flexibility index (Phi) is 6.37. The molecule has 1 N–H and O–H groups in total. The zero-order chi connectivity index (χ0) is 19.3. The molecule has 26 heavy (non-hydrogen) atoms. The second-order valence-electron chi connectivity index (χ2n) is 7.10. The van der Waals surface area contributed by atoms with Crippen molar-refractivity contribution >= 4 is 23.3 Å². The summed E-state index contributed by atoms with van der Waals surface area (Å²) in [6.45, 7) is 5.70. The number of hydrogen-bond donors (Lipinski definition) is 1. The number of rotatable bonds is 6. The summed E-state index contributed by atoms with van der Waals surface area (Å²) >= 11 is 6.01. The molecule has 0 aliphatic rings. The predicted molar refractivity (Wildman–Crippen MR) is 102 cm³/mol. The monoisotopic (exact) mass is 374 g/mol. The lowest BCUT2D eigenvalue weighted by Crippen LogP contribution is -2.40. The topological polar surface area (TPSA) is 68.3 Å². The molecule has 0 fully saturated rings. The number of pyridine rings is 1. The lowest BCUT2D eigenvalue weighted by Gasteiger charge is -2.20. The van der Waals surface area contributed by atoms with Crippen molar-refractivity contribution in [2.24, 2.45) is 0 Å². The molecule has 2 aromatic rings. The summed E-state index contributed by atoms with van der Waals surface area (Å²) < 4.78 is 5.27. The van der Waals surface area contributed by atoms with Gasteiger partial charge in [0.2, 0.25) is 0 Å². The van der Waals surface area contributed by atoms with Crippen LogP contribution in [0.5, 0.6) is 5.75 Å². The summed E-state index contributed by atoms with van der Waals surface area (Å²) in [4.78, 5) is 28.8. The quantitative estimate of drug-likeness (QED) is 0.838. The lowest BCUT2D eigenvalue weighted by molar-refractivity contribution is -0.117. The van der Waals surface area contributed by atoms with E-state index in [-0.39, 0.29) is 30.1 Å². The summed E-state index contributed by atoms with van der Waals surface area (Å²) in [6.07, 6.45) is 1.95. The zero-order valence-electron chi connectivity index (χ0n) is 15.4. The Bertz CT molecular complexity index is 813. The van der Waals surface area contributed by atoms with E-state index >= 15 is 0 Å². The first-order valence-corrected chi connectivity index (χ1v) is 8.67. The Morgan fingerprint density at radius 3 is 2.54 bits per heavy atom. The number of nitrogens with one attached hydrogen (secondary N) is 1. The van der Waals surface area contributed by atoms with Crippen LogP contribution < -0.4 is 10.1 Å². The Hall–Kier alpha value is -2.40. The molecule has 5 nitrogen and oxygen atoms in total. The number of methoxy groups -OCH3 is 1. The van der Waals surface area contributed by atoms with Gasteiger partial charge in [0, 0.05) is 35.2 Å². The number of halogens is 1. The maximum absolute atomic E-state index is 12.5. The first kappa shape index (κ1) is 19.9. The Morgan fingerprint density at radius 1 is 1.15 bits per heavy atom. The Labute approximate surface area is 158 Å². The van der Waals surface area contributed by atoms with Gasteiger partial charge in [-0.05, 0) is 56.7 Å². The van der Waals surface area contributed by atoms with Crippen LogP contribution >= 0.6 is 11.6 Å². The third kappa shape index (κ3) is 5.85. The highest BCUT2D eigenvalue weighted by molar-refractivity contribution is 6.30. The van der Waals surface area contributed by atoms with Crippen LogP contribution in [0.25, 0.3) is 0 Å². The van der Waals surface area contributed by atoms with E-state index in [1.807, 2.05) is 20.8 Å². The summed E-state index contributed by atoms with van der Waals surface area (Å²) in [5, 5.41) is 3.41. The van der Waals surface area contributed by atoms with Gasteiger partial charge in [0.15, 0.2) is 0 Å². The Balaban J connectivity index is 2.09. The van der Waals surface area contributed by atoms with Gasteiger partial charge in [-0.15, -0.1) is 0 Å². The van der Waals surface area contributed by atoms with Crippen LogP contribution in [-0.2, 0) is 17.6 Å². The minimum absolute atomic E-state index is 0.000976. The molecule has 0 aliphatic heterocycles. The van der Waals surface area contributed by atoms with Crippen LogP contribution in [0.15, 0.2) is 36.5 Å². The molecule has 138 valence electrons. The van der Waals surface area contributed by atoms with Crippen molar-refractivity contribution in [1.82, 2.24) is 10.3 Å². The molecule has 0 spiro atoms. The predicted octanol–water partition coefficient (Wildman–Crippen LogP) is 3.63. The van der Waals surface area contributed by atoms with Crippen LogP contribution in [0.2, 0.25) is 5.02 Å². The molecule has 0 unspecified atom stereocenters. The molecular weight excluding hydrogens is 352 g/mol. The fourth-order valence-electron chi connectivity index (χ4n) is 2.50. The smallest absolute Gasteiger partial charge is 0.270 e. The van der Waals surface area contributed by atoms with E-state index in [0.29, 0.717) is 16.5 Å². The highest BCUT2D eigenvalue weighted by Crippen LogP contribution is 2.23. The van der Waals surface area contributed by atoms with Crippen LogP contribution in [0.1, 0.15) is 42.4 Å². The summed E-state index contributed by atoms with van der Waals surface area (Å²) in [5.41, 5.74) is 1.42. The van der Waals surface area contributed by atoms with Crippen molar-refractivity contribution < 1.29 is 14.3 Å². The van der Waals surface area contributed by atoms with Crippen LogP contribution in [0, 0.1) is 0 Å². The van der Waals surface area contributed by atoms with Gasteiger partial charge in [0.1, 0.15) is 17.2 Å². The number of ketones is 1. The number of amides is 1. The Morgan fingerprint density at radius 2 is 1.88 bits per heavy atom. The lowest BCUT2D eigenvalue weighted by atomic mass is 10.0. The molecule has 0 atom stereocenters. The third-order valence-electron chi connectivity index (χ3n) is 3.58. The highest BCUT2D eigenvalue weighted by atomic mass is 35.5. The summed E-state index contributed by atoms with van der Waals surface area (Å²) in [7, 11) is 1.56. The van der Waals surface area contributed by atoms with Crippen molar-refractivity contribution in [3.63, 3.8) is 0 Å². The first-order valence-electron chi connectivity index (χ1n) is 8.29. The van der Waals surface area contributed by atoms with Gasteiger partial charge in [-0.2, -0.15) is 0 Å². The van der Waals surface area contributed by atoms with Crippen LogP contribution in [0.3, 0.4) is 0 Å². The van der Waals surface area contributed by atoms with Gasteiger partial charge in [-0.1, -0.05) is 11.6 Å². The SMILES string of the molecule is COc1ccc(Cl)cc1CC(=O)Cc1ccnc(C(=O)NC(C)(C)C)c1. The molecule has 1 aromatic carbocycles. The third-order valence-corrected chi connectivity index (χ3v) is 3.81. The van der Waals surface area contributed by atoms with Gasteiger partial charge in [-0.3, -0.25) is 14.6 Å². The molecule has 0 radical (unpaired) electrons. The average molecular weight is 375 g/mol. The number of aromatic nitrogens is 1. The molecule has 0 aliphatic carbocycles. The van der Waals surface area contributed by atoms with E-state index in [1.54, 1.807) is 43.6 Å². The van der Waals surface area contributed by atoms with E-state index in [2.05, 4.69) is 10.3 Å². The minimum atomic E-state index is -0.353. The van der Waals surface area contributed by atoms with Gasteiger partial charge < -0.3 is 10.1 Å². The number of benzene rings is 1. The summed E-state index contributed by atoms with van der Waals surface area (Å²) in [5.74, 6) is 0.366. The molecule has 0 bridgehead atoms. The molecule has 1 heterocycles. The molecule has 0 saturated carbocycles. The van der Waals surface area contributed by atoms with Gasteiger partial charge in [0.25, 0.3) is 5.91 Å². The molecule has 0 saturated heterocycles. The molecule has 1 amide bonds. The number of carbonyl (C=O) groups is 2. The van der Waals surface area contributed by atoms with Crippen molar-refractivity contribution in [3.8, 4) is 5.75 Å². The van der Waals surface area contributed by atoms with E-state index in [1.165, 1.54) is 0 Å². The number of nitrogens with zero attached hydrogens (tertiary/aromatic N) is 1. The van der Waals surface area contributed by atoms with Gasteiger partial charge >= 0.3 is 0 Å². The average Bonchev–Trinajstić information content (AvgIpc) is 2.53. The number of Topliss-reactive ketones (excluding diaryl/α,β-unsaturated/α-hetero) is 1. The van der Waals surface area contributed by atoms with Crippen molar-refractivity contribution in [2.75, 3.05) is 7.11 Å². The maximum atomic E-state index is 12.5. The van der Waals surface area contributed by atoms with Crippen molar-refractivity contribution in [1.29, 1.82) is 0 Å². The normalized spacial score (nSPS) is 11.1. The molecular formula is C20H23ClN2O3. The van der Waals surface area contributed by atoms with E-state index in [4.69, 9.17) is 16.3 Å². The molecule has 1 aromatic heterocycles. The largest absolute Gasteiger partial charge is 0.496 e. The van der Waals surface area contributed by atoms with E-state index in [0.717, 1.165) is 11.1 Å². The minimum Gasteiger partial charge on any atom is -0.496 e. The summed E-state index contributed by atoms with van der Waals surface area (Å²) in [6, 6.07) is 8.58. The first-order chi connectivity index (χ1) is 12.2. The van der Waals surface area contributed by atoms with Crippen molar-refractivity contribution in [2.45, 2.75) is 39.2 Å². The standard InChI is InChI=1S/C20H23ClN2O3/c1-20(2,3)23-19(25)17-10-13(7-8-22-17)9-16(24)12-14-11-15(21)5-6-18(14)26-4/h5-8,10-11H,9,12H2,1-4H3,(H,23,25). The maximum Gasteiger partial charge on any atom is 0.270 e. The zero-order valence-corrected chi connectivity index (χ0v) is 16.2. The number of hydrogen-bond acceptors (Lipinski definition) is 4. The second-order valence-corrected chi connectivity index (χ2v) is 7.54. The van der Waals surface area contributed by atoms with Crippen LogP contribution in [-0.4, -0.2) is 29.3 Å². The van der Waals surface area contributed by atoms with E-state index in [9.17, 15) is 9.59 Å².